The first kappa shape index (κ1) is 16.5. The van der Waals surface area contributed by atoms with E-state index in [2.05, 4.69) is 10.3 Å². The number of primary amides is 1. The van der Waals surface area contributed by atoms with Gasteiger partial charge in [0.25, 0.3) is 11.8 Å². The predicted molar refractivity (Wildman–Crippen MR) is 91.8 cm³/mol. The zero-order valence-electron chi connectivity index (χ0n) is 13.1. The van der Waals surface area contributed by atoms with Gasteiger partial charge in [0.1, 0.15) is 5.69 Å². The number of amides is 2. The van der Waals surface area contributed by atoms with Crippen molar-refractivity contribution in [2.45, 2.75) is 31.2 Å². The van der Waals surface area contributed by atoms with Gasteiger partial charge in [0.15, 0.2) is 0 Å². The highest BCUT2D eigenvalue weighted by Gasteiger charge is 2.37. The van der Waals surface area contributed by atoms with Crippen molar-refractivity contribution < 1.29 is 9.59 Å². The number of rotatable bonds is 4. The quantitative estimate of drug-likeness (QED) is 0.894. The van der Waals surface area contributed by atoms with Crippen molar-refractivity contribution in [2.75, 3.05) is 0 Å². The number of pyridine rings is 1. The Labute approximate surface area is 145 Å². The van der Waals surface area contributed by atoms with Crippen molar-refractivity contribution in [1.82, 2.24) is 10.3 Å². The van der Waals surface area contributed by atoms with E-state index in [-0.39, 0.29) is 11.6 Å². The SMILES string of the molecule is NC(=O)c1ccc(C(=O)NC2(c3cccc(Cl)c3)CCCC2)cn1. The van der Waals surface area contributed by atoms with Crippen LogP contribution in [0.2, 0.25) is 5.02 Å². The molecule has 5 nitrogen and oxygen atoms in total. The summed E-state index contributed by atoms with van der Waals surface area (Å²) in [6, 6.07) is 10.6. The molecule has 6 heteroatoms. The van der Waals surface area contributed by atoms with Crippen LogP contribution in [0, 0.1) is 0 Å². The largest absolute Gasteiger partial charge is 0.364 e. The maximum atomic E-state index is 12.6. The molecule has 2 aromatic rings. The highest BCUT2D eigenvalue weighted by Crippen LogP contribution is 2.39. The molecule has 0 aliphatic heterocycles. The third kappa shape index (κ3) is 3.26. The van der Waals surface area contributed by atoms with Gasteiger partial charge < -0.3 is 11.1 Å². The molecular weight excluding hydrogens is 326 g/mol. The number of nitrogens with one attached hydrogen (secondary N) is 1. The van der Waals surface area contributed by atoms with E-state index >= 15 is 0 Å². The fourth-order valence-electron chi connectivity index (χ4n) is 3.21. The zero-order valence-corrected chi connectivity index (χ0v) is 13.8. The van der Waals surface area contributed by atoms with Gasteiger partial charge in [-0.15, -0.1) is 0 Å². The van der Waals surface area contributed by atoms with Crippen LogP contribution in [-0.4, -0.2) is 16.8 Å². The first-order chi connectivity index (χ1) is 11.5. The summed E-state index contributed by atoms with van der Waals surface area (Å²) in [5.74, 6) is -0.839. The molecule has 2 amide bonds. The van der Waals surface area contributed by atoms with E-state index in [1.54, 1.807) is 6.07 Å². The molecule has 24 heavy (non-hydrogen) atoms. The Hall–Kier alpha value is -2.40. The van der Waals surface area contributed by atoms with Gasteiger partial charge in [-0.2, -0.15) is 0 Å². The maximum absolute atomic E-state index is 12.6. The summed E-state index contributed by atoms with van der Waals surface area (Å²) in [6.45, 7) is 0. The van der Waals surface area contributed by atoms with Crippen molar-refractivity contribution in [1.29, 1.82) is 0 Å². The molecule has 0 bridgehead atoms. The highest BCUT2D eigenvalue weighted by molar-refractivity contribution is 6.30. The number of hydrogen-bond donors (Lipinski definition) is 2. The van der Waals surface area contributed by atoms with Crippen LogP contribution in [-0.2, 0) is 5.54 Å². The smallest absolute Gasteiger partial charge is 0.267 e. The van der Waals surface area contributed by atoms with Gasteiger partial charge in [-0.1, -0.05) is 36.6 Å². The number of carbonyl (C=O) groups is 2. The standard InChI is InChI=1S/C18H18ClN3O2/c19-14-5-3-4-13(10-14)18(8-1-2-9-18)22-17(24)12-6-7-15(16(20)23)21-11-12/h3-7,10-11H,1-2,8-9H2,(H2,20,23)(H,22,24). The van der Waals surface area contributed by atoms with Crippen LogP contribution in [0.25, 0.3) is 0 Å². The second kappa shape index (κ2) is 6.61. The average molecular weight is 344 g/mol. The maximum Gasteiger partial charge on any atom is 0.267 e. The van der Waals surface area contributed by atoms with Gasteiger partial charge in [0, 0.05) is 11.2 Å². The Kier molecular flexibility index (Phi) is 4.53. The molecule has 1 aromatic heterocycles. The van der Waals surface area contributed by atoms with Gasteiger partial charge in [-0.05, 0) is 42.7 Å². The van der Waals surface area contributed by atoms with Gasteiger partial charge in [-0.3, -0.25) is 14.6 Å². The van der Waals surface area contributed by atoms with Crippen molar-refractivity contribution in [3.63, 3.8) is 0 Å². The van der Waals surface area contributed by atoms with Crippen LogP contribution in [0.1, 0.15) is 52.1 Å². The van der Waals surface area contributed by atoms with E-state index in [4.69, 9.17) is 17.3 Å². The van der Waals surface area contributed by atoms with E-state index in [9.17, 15) is 9.59 Å². The predicted octanol–water partition coefficient (Wildman–Crippen LogP) is 3.03. The number of nitrogens with two attached hydrogens (primary N) is 1. The summed E-state index contributed by atoms with van der Waals surface area (Å²) in [5, 5.41) is 3.80. The fraction of sp³-hybridized carbons (Fsp3) is 0.278. The summed E-state index contributed by atoms with van der Waals surface area (Å²) in [6.07, 6.45) is 5.20. The number of carbonyl (C=O) groups excluding carboxylic acids is 2. The van der Waals surface area contributed by atoms with Crippen LogP contribution < -0.4 is 11.1 Å². The van der Waals surface area contributed by atoms with E-state index in [1.165, 1.54) is 12.3 Å². The molecule has 0 spiro atoms. The highest BCUT2D eigenvalue weighted by atomic mass is 35.5. The summed E-state index contributed by atoms with van der Waals surface area (Å²) in [5.41, 5.74) is 6.31. The summed E-state index contributed by atoms with van der Waals surface area (Å²) >= 11 is 6.12. The topological polar surface area (TPSA) is 85.1 Å². The minimum absolute atomic E-state index is 0.136. The zero-order chi connectivity index (χ0) is 17.2. The Balaban J connectivity index is 1.85. The second-order valence-electron chi connectivity index (χ2n) is 6.05. The summed E-state index contributed by atoms with van der Waals surface area (Å²) < 4.78 is 0. The number of nitrogens with zero attached hydrogens (tertiary/aromatic N) is 1. The molecule has 124 valence electrons. The summed E-state index contributed by atoms with van der Waals surface area (Å²) in [7, 11) is 0. The van der Waals surface area contributed by atoms with Crippen molar-refractivity contribution in [3.05, 3.63) is 64.4 Å². The molecule has 3 N–H and O–H groups in total. The lowest BCUT2D eigenvalue weighted by atomic mass is 9.88. The first-order valence-electron chi connectivity index (χ1n) is 7.85. The molecular formula is C18H18ClN3O2. The van der Waals surface area contributed by atoms with Crippen LogP contribution in [0.4, 0.5) is 0 Å². The van der Waals surface area contributed by atoms with E-state index < -0.39 is 11.4 Å². The van der Waals surface area contributed by atoms with E-state index in [0.29, 0.717) is 10.6 Å². The molecule has 3 rings (SSSR count). The van der Waals surface area contributed by atoms with Crippen molar-refractivity contribution in [3.8, 4) is 0 Å². The van der Waals surface area contributed by atoms with E-state index in [1.807, 2.05) is 24.3 Å². The molecule has 1 fully saturated rings. The third-order valence-electron chi connectivity index (χ3n) is 4.47. The lowest BCUT2D eigenvalue weighted by molar-refractivity contribution is 0.0896. The Morgan fingerprint density at radius 3 is 2.50 bits per heavy atom. The number of benzene rings is 1. The number of hydrogen-bond acceptors (Lipinski definition) is 3. The van der Waals surface area contributed by atoms with Crippen LogP contribution in [0.5, 0.6) is 0 Å². The minimum Gasteiger partial charge on any atom is -0.364 e. The van der Waals surface area contributed by atoms with Crippen LogP contribution >= 0.6 is 11.6 Å². The van der Waals surface area contributed by atoms with Crippen molar-refractivity contribution in [2.24, 2.45) is 5.73 Å². The van der Waals surface area contributed by atoms with Crippen LogP contribution in [0.15, 0.2) is 42.6 Å². The number of halogens is 1. The molecule has 1 heterocycles. The normalized spacial score (nSPS) is 15.9. The number of aromatic nitrogens is 1. The molecule has 0 unspecified atom stereocenters. The minimum atomic E-state index is -0.617. The molecule has 0 atom stereocenters. The molecule has 1 aliphatic rings. The third-order valence-corrected chi connectivity index (χ3v) is 4.70. The van der Waals surface area contributed by atoms with Gasteiger partial charge in [-0.25, -0.2) is 0 Å². The van der Waals surface area contributed by atoms with Crippen molar-refractivity contribution >= 4 is 23.4 Å². The average Bonchev–Trinajstić information content (AvgIpc) is 3.04. The van der Waals surface area contributed by atoms with Gasteiger partial charge in [0.2, 0.25) is 0 Å². The lowest BCUT2D eigenvalue weighted by Crippen LogP contribution is -2.43. The molecule has 1 aliphatic carbocycles. The second-order valence-corrected chi connectivity index (χ2v) is 6.49. The molecule has 1 aromatic carbocycles. The van der Waals surface area contributed by atoms with Crippen LogP contribution in [0.3, 0.4) is 0 Å². The Morgan fingerprint density at radius 1 is 1.17 bits per heavy atom. The molecule has 0 saturated heterocycles. The Morgan fingerprint density at radius 2 is 1.92 bits per heavy atom. The Bertz CT molecular complexity index is 768. The van der Waals surface area contributed by atoms with Gasteiger partial charge in [0.05, 0.1) is 11.1 Å². The summed E-state index contributed by atoms with van der Waals surface area (Å²) in [4.78, 5) is 27.6. The van der Waals surface area contributed by atoms with E-state index in [0.717, 1.165) is 31.2 Å². The monoisotopic (exact) mass is 343 g/mol. The fourth-order valence-corrected chi connectivity index (χ4v) is 3.40. The lowest BCUT2D eigenvalue weighted by Gasteiger charge is -2.31. The van der Waals surface area contributed by atoms with Gasteiger partial charge >= 0.3 is 0 Å². The molecule has 1 saturated carbocycles. The molecule has 0 radical (unpaired) electrons. The first-order valence-corrected chi connectivity index (χ1v) is 8.22.